The second-order valence-corrected chi connectivity index (χ2v) is 4.13. The second kappa shape index (κ2) is 6.69. The van der Waals surface area contributed by atoms with Gasteiger partial charge in [-0.15, -0.1) is 0 Å². The molecule has 0 saturated carbocycles. The zero-order valence-corrected chi connectivity index (χ0v) is 11.2. The number of hydrogen-bond donors (Lipinski definition) is 3. The van der Waals surface area contributed by atoms with Crippen molar-refractivity contribution >= 4 is 22.7 Å². The monoisotopic (exact) mass is 304 g/mol. The normalized spacial score (nSPS) is 10.1. The van der Waals surface area contributed by atoms with E-state index in [1.807, 2.05) is 0 Å². The highest BCUT2D eigenvalue weighted by atomic mass is 16.6. The van der Waals surface area contributed by atoms with Crippen LogP contribution in [0.1, 0.15) is 0 Å². The number of benzene rings is 2. The molecular weight excluding hydrogens is 292 g/mol. The van der Waals surface area contributed by atoms with Crippen LogP contribution in [0.5, 0.6) is 0 Å². The molecule has 4 N–H and O–H groups in total. The molecule has 0 radical (unpaired) electrons. The van der Waals surface area contributed by atoms with Crippen LogP contribution in [0.4, 0.5) is 22.7 Å². The van der Waals surface area contributed by atoms with Gasteiger partial charge >= 0.3 is 0 Å². The van der Waals surface area contributed by atoms with Crippen molar-refractivity contribution in [1.29, 1.82) is 0 Å². The number of nitrogens with one attached hydrogen (secondary N) is 2. The molecule has 0 aliphatic rings. The van der Waals surface area contributed by atoms with E-state index in [1.54, 1.807) is 35.9 Å². The highest BCUT2D eigenvalue weighted by Crippen LogP contribution is 2.31. The predicted octanol–water partition coefficient (Wildman–Crippen LogP) is 1.61. The van der Waals surface area contributed by atoms with E-state index >= 15 is 0 Å². The minimum Gasteiger partial charge on any atom is -0.742 e. The van der Waals surface area contributed by atoms with Crippen molar-refractivity contribution < 1.29 is 4.92 Å². The van der Waals surface area contributed by atoms with Gasteiger partial charge in [0.15, 0.2) is 0 Å². The molecule has 0 aromatic heterocycles. The highest BCUT2D eigenvalue weighted by molar-refractivity contribution is 5.71. The van der Waals surface area contributed by atoms with Gasteiger partial charge in [-0.2, -0.15) is 5.53 Å². The Hall–Kier alpha value is -2.92. The quantitative estimate of drug-likeness (QED) is 0.411. The fourth-order valence-electron chi connectivity index (χ4n) is 1.72. The molecule has 116 valence electrons. The number of nitro groups is 1. The predicted molar refractivity (Wildman–Crippen MR) is 82.2 cm³/mol. The summed E-state index contributed by atoms with van der Waals surface area (Å²) in [4.78, 5) is 10.3. The number of anilines is 3. The second-order valence-electron chi connectivity index (χ2n) is 4.13. The van der Waals surface area contributed by atoms with Gasteiger partial charge < -0.3 is 26.2 Å². The van der Waals surface area contributed by atoms with E-state index < -0.39 is 10.6 Å². The van der Waals surface area contributed by atoms with Crippen LogP contribution >= 0.6 is 0 Å². The van der Waals surface area contributed by atoms with Crippen molar-refractivity contribution in [3.63, 3.8) is 0 Å². The minimum atomic E-state index is -0.763. The lowest BCUT2D eigenvalue weighted by Crippen LogP contribution is -2.38. The summed E-state index contributed by atoms with van der Waals surface area (Å²) in [6.07, 6.45) is 0. The van der Waals surface area contributed by atoms with Crippen LogP contribution in [0.15, 0.2) is 48.5 Å². The Morgan fingerprint density at radius 3 is 2.32 bits per heavy atom. The van der Waals surface area contributed by atoms with Crippen LogP contribution < -0.4 is 27.1 Å². The molecule has 0 aliphatic heterocycles. The van der Waals surface area contributed by atoms with Crippen LogP contribution in [0, 0.1) is 20.5 Å². The van der Waals surface area contributed by atoms with E-state index in [0.29, 0.717) is 5.69 Å². The van der Waals surface area contributed by atoms with E-state index in [2.05, 4.69) is 5.43 Å². The van der Waals surface area contributed by atoms with E-state index in [-0.39, 0.29) is 21.7 Å². The van der Waals surface area contributed by atoms with Crippen molar-refractivity contribution in [2.24, 2.45) is 5.84 Å². The third kappa shape index (κ3) is 3.39. The van der Waals surface area contributed by atoms with Crippen LogP contribution in [0.3, 0.4) is 0 Å². The van der Waals surface area contributed by atoms with E-state index in [1.165, 1.54) is 6.07 Å². The van der Waals surface area contributed by atoms with Crippen molar-refractivity contribution in [3.05, 3.63) is 69.1 Å². The van der Waals surface area contributed by atoms with Crippen molar-refractivity contribution in [3.8, 4) is 0 Å². The van der Waals surface area contributed by atoms with Gasteiger partial charge in [0.25, 0.3) is 5.69 Å². The van der Waals surface area contributed by atoms with Crippen LogP contribution in [-0.4, -0.2) is 4.92 Å². The van der Waals surface area contributed by atoms with Crippen LogP contribution in [0.25, 0.3) is 0 Å². The Kier molecular flexibility index (Phi) is 4.70. The SMILES string of the molecule is NNN([O-])c1ccc(N([O-])Nc2ccccc2)c([N+](=O)[O-])c1. The van der Waals surface area contributed by atoms with Gasteiger partial charge in [-0.1, -0.05) is 18.2 Å². The third-order valence-electron chi connectivity index (χ3n) is 2.73. The van der Waals surface area contributed by atoms with Crippen molar-refractivity contribution in [2.45, 2.75) is 0 Å². The molecule has 0 saturated heterocycles. The standard InChI is InChI=1S/C12H12N6O4/c13-15-16(19)10-6-7-11(12(8-10)18(21)22)17(20)14-9-4-2-1-3-5-9/h1-8,14-15H,13H2/q-2. The van der Waals surface area contributed by atoms with Gasteiger partial charge in [0.1, 0.15) is 5.69 Å². The summed E-state index contributed by atoms with van der Waals surface area (Å²) in [6, 6.07) is 11.8. The summed E-state index contributed by atoms with van der Waals surface area (Å²) in [5, 5.41) is 34.8. The lowest BCUT2D eigenvalue weighted by Gasteiger charge is -2.33. The van der Waals surface area contributed by atoms with Gasteiger partial charge in [0, 0.05) is 11.8 Å². The molecule has 2 rings (SSSR count). The molecule has 0 bridgehead atoms. The topological polar surface area (TPSA) is 146 Å². The van der Waals surface area contributed by atoms with E-state index in [9.17, 15) is 20.5 Å². The van der Waals surface area contributed by atoms with Crippen LogP contribution in [0.2, 0.25) is 0 Å². The van der Waals surface area contributed by atoms with Gasteiger partial charge in [0.05, 0.1) is 10.6 Å². The number of hydrazine groups is 3. The molecule has 10 heteroatoms. The maximum absolute atomic E-state index is 12.1. The molecule has 0 unspecified atom stereocenters. The summed E-state index contributed by atoms with van der Waals surface area (Å²) >= 11 is 0. The number of hydrogen-bond acceptors (Lipinski definition) is 9. The summed E-state index contributed by atoms with van der Waals surface area (Å²) in [6.45, 7) is 0. The Morgan fingerprint density at radius 2 is 1.73 bits per heavy atom. The zero-order valence-electron chi connectivity index (χ0n) is 11.2. The highest BCUT2D eigenvalue weighted by Gasteiger charge is 2.16. The molecule has 10 nitrogen and oxygen atoms in total. The maximum atomic E-state index is 12.1. The molecule has 2 aromatic rings. The number of para-hydroxylation sites is 1. The molecule has 0 atom stereocenters. The number of rotatable bonds is 6. The number of nitrogens with zero attached hydrogens (tertiary/aromatic N) is 3. The van der Waals surface area contributed by atoms with Gasteiger partial charge in [-0.3, -0.25) is 16.0 Å². The Labute approximate surface area is 125 Å². The summed E-state index contributed by atoms with van der Waals surface area (Å²) in [5.74, 6) is 4.94. The molecule has 0 heterocycles. The minimum absolute atomic E-state index is 0.105. The molecular formula is C12H12N6O4-2. The summed E-state index contributed by atoms with van der Waals surface area (Å²) < 4.78 is 0. The summed E-state index contributed by atoms with van der Waals surface area (Å²) in [7, 11) is 0. The van der Waals surface area contributed by atoms with Crippen LogP contribution in [-0.2, 0) is 0 Å². The van der Waals surface area contributed by atoms with Gasteiger partial charge in [0.2, 0.25) is 0 Å². The average Bonchev–Trinajstić information content (AvgIpc) is 2.54. The Morgan fingerprint density at radius 1 is 1.05 bits per heavy atom. The maximum Gasteiger partial charge on any atom is 0.295 e. The van der Waals surface area contributed by atoms with Crippen molar-refractivity contribution in [1.82, 2.24) is 5.53 Å². The van der Waals surface area contributed by atoms with Crippen molar-refractivity contribution in [2.75, 3.05) is 15.8 Å². The lowest BCUT2D eigenvalue weighted by atomic mass is 10.2. The third-order valence-corrected chi connectivity index (χ3v) is 2.73. The van der Waals surface area contributed by atoms with E-state index in [0.717, 1.165) is 12.1 Å². The fraction of sp³-hybridized carbons (Fsp3) is 0. The smallest absolute Gasteiger partial charge is 0.295 e. The molecule has 0 amide bonds. The molecule has 22 heavy (non-hydrogen) atoms. The first-order chi connectivity index (χ1) is 10.5. The first kappa shape index (κ1) is 15.5. The molecule has 0 spiro atoms. The zero-order chi connectivity index (χ0) is 16.1. The largest absolute Gasteiger partial charge is 0.742 e. The molecule has 0 aliphatic carbocycles. The van der Waals surface area contributed by atoms with Gasteiger partial charge in [-0.05, 0) is 24.3 Å². The first-order valence-corrected chi connectivity index (χ1v) is 6.04. The Bertz CT molecular complexity index is 653. The van der Waals surface area contributed by atoms with E-state index in [4.69, 9.17) is 5.84 Å². The fourth-order valence-corrected chi connectivity index (χ4v) is 1.72. The number of nitro benzene ring substituents is 1. The summed E-state index contributed by atoms with van der Waals surface area (Å²) in [5.41, 5.74) is 3.82. The number of nitrogens with two attached hydrogens (primary N) is 1. The molecule has 2 aromatic carbocycles. The average molecular weight is 304 g/mol. The lowest BCUT2D eigenvalue weighted by molar-refractivity contribution is -0.384. The Balaban J connectivity index is 2.31. The van der Waals surface area contributed by atoms with Gasteiger partial charge in [-0.25, -0.2) is 0 Å². The first-order valence-electron chi connectivity index (χ1n) is 6.04. The molecule has 0 fully saturated rings.